The normalized spacial score (nSPS) is 16.1. The second kappa shape index (κ2) is 36.3. The van der Waals surface area contributed by atoms with Crippen molar-refractivity contribution < 1.29 is 51.9 Å². The predicted octanol–water partition coefficient (Wildman–Crippen LogP) is 19.0. The van der Waals surface area contributed by atoms with E-state index in [1.807, 2.05) is 24.7 Å². The number of halogens is 2. The maximum absolute atomic E-state index is 5.42. The fraction of sp³-hybridized carbons (Fsp3) is 0.526. The summed E-state index contributed by atoms with van der Waals surface area (Å²) < 4.78 is 17.3. The number of aryl methyl sites for hydroxylation is 2. The first kappa shape index (κ1) is 83.0. The van der Waals surface area contributed by atoms with Crippen LogP contribution in [-0.2, 0) is 71.6 Å². The average molecular weight is 1570 g/mol. The summed E-state index contributed by atoms with van der Waals surface area (Å²) in [5.41, 5.74) is 16.9. The number of ether oxygens (including phenoxy) is 3. The summed E-state index contributed by atoms with van der Waals surface area (Å²) in [6.45, 7) is 59.5. The van der Waals surface area contributed by atoms with Gasteiger partial charge in [0.05, 0.1) is 76.4 Å². The Bertz CT molecular complexity index is 3160. The minimum absolute atomic E-state index is 0. The smallest absolute Gasteiger partial charge is 0 e. The quantitative estimate of drug-likeness (QED) is 0.0914. The van der Waals surface area contributed by atoms with Crippen LogP contribution in [0.3, 0.4) is 0 Å². The first-order valence-electron chi connectivity index (χ1n) is 33.5. The molecule has 6 aliphatic heterocycles. The largest absolute Gasteiger partial charge is 0 e. The Morgan fingerprint density at radius 2 is 0.635 bits per heavy atom. The van der Waals surface area contributed by atoms with Crippen LogP contribution in [0.1, 0.15) is 186 Å². The van der Waals surface area contributed by atoms with E-state index in [4.69, 9.17) is 38.9 Å². The molecule has 0 bridgehead atoms. The summed E-state index contributed by atoms with van der Waals surface area (Å²) in [6, 6.07) is 32.1. The maximum Gasteiger partial charge on any atom is 0 e. The standard InChI is InChI=1S/2C18H19N3O.C17H16BrN3O.2C12H27P.CH3.ClH.Pd.Zn/c2*1-13-2-3-16-15(10-13)12-20-18(16)14-4-5-19-17(11-14)21-6-8-22-9-7-21;18-14-1-2-15-13(9-14)11-20-17(15)12-3-4-19-16(10-12)21-5-7-22-8-6-21;2*1-10(2,3)13(11(4,5)6)12(7,8)9;;;;/h2*2-5,10-11H,6-9,12H2,1H3;1-4,9-10H,5-8,11H2;2*1-9H3;1H3;1H;;/q;;;;;-1;;;+2/p-1. The fourth-order valence-electron chi connectivity index (χ4n) is 15.2. The SMILES string of the molecule is Brc1ccc2c(c1)CN=C2c1ccnc(N2CCOCC2)c1.CC(C)(C)P(C(C)(C)C)C(C)(C)C.CC(C)(C)P(C(C)(C)C)C(C)(C)C.Cc1ccc2c(c1)CN=C2c1ccnc(N2CCOCC2)c1.Cc1ccc2c(c1)CN=C2c1ccnc(N2CCOCC2)c1.[CH3-].[Cl][Zn+].[Pd]. The fourth-order valence-corrected chi connectivity index (χ4v) is 27.7. The van der Waals surface area contributed by atoms with Crippen LogP contribution < -0.4 is 14.7 Å². The molecule has 12 nitrogen and oxygen atoms in total. The number of rotatable bonds is 6. The summed E-state index contributed by atoms with van der Waals surface area (Å²) in [4.78, 5) is 34.6. The molecule has 3 saturated heterocycles. The number of benzene rings is 3. The van der Waals surface area contributed by atoms with E-state index >= 15 is 0 Å². The number of pyridine rings is 3. The van der Waals surface area contributed by atoms with Gasteiger partial charge in [-0.3, -0.25) is 15.0 Å². The first-order valence-corrected chi connectivity index (χ1v) is 40.9. The molecule has 0 amide bonds. The molecule has 0 spiro atoms. The van der Waals surface area contributed by atoms with E-state index in [1.165, 1.54) is 44.5 Å². The molecule has 18 heteroatoms. The van der Waals surface area contributed by atoms with Crippen LogP contribution in [0, 0.1) is 21.3 Å². The average Bonchev–Trinajstić information content (AvgIpc) is 0.855. The molecule has 0 unspecified atom stereocenters. The van der Waals surface area contributed by atoms with Crippen molar-refractivity contribution in [2.75, 3.05) is 93.6 Å². The summed E-state index contributed by atoms with van der Waals surface area (Å²) in [5.74, 6) is 3.04. The van der Waals surface area contributed by atoms with Gasteiger partial charge in [0, 0.05) is 116 Å². The Hall–Kier alpha value is -3.68. The zero-order chi connectivity index (χ0) is 69.0. The van der Waals surface area contributed by atoms with E-state index in [9.17, 15) is 0 Å². The molecule has 0 aliphatic carbocycles. The van der Waals surface area contributed by atoms with Gasteiger partial charge in [0.2, 0.25) is 0 Å². The van der Waals surface area contributed by atoms with Crippen LogP contribution in [0.2, 0.25) is 0 Å². The molecule has 0 N–H and O–H groups in total. The molecule has 522 valence electrons. The summed E-state index contributed by atoms with van der Waals surface area (Å²) in [7, 11) is 4.80. The molecule has 3 fully saturated rings. The number of fused-ring (bicyclic) bond motifs is 3. The molecule has 96 heavy (non-hydrogen) atoms. The number of morpholine rings is 3. The van der Waals surface area contributed by atoms with Crippen molar-refractivity contribution in [3.05, 3.63) is 183 Å². The third-order valence-corrected chi connectivity index (χ3v) is 25.2. The monoisotopic (exact) mass is 1570 g/mol. The zero-order valence-corrected chi connectivity index (χ0v) is 70.6. The predicted molar refractivity (Wildman–Crippen MR) is 411 cm³/mol. The molecule has 6 aromatic rings. The third-order valence-electron chi connectivity index (χ3n) is 16.7. The van der Waals surface area contributed by atoms with E-state index in [-0.39, 0.29) is 43.7 Å². The van der Waals surface area contributed by atoms with Crippen LogP contribution >= 0.6 is 41.5 Å². The van der Waals surface area contributed by atoms with Crippen molar-refractivity contribution >= 4 is 76.1 Å². The Kier molecular flexibility index (Phi) is 31.3. The third kappa shape index (κ3) is 23.2. The Balaban J connectivity index is 0.000000219. The molecule has 12 rings (SSSR count). The van der Waals surface area contributed by atoms with Crippen molar-refractivity contribution in [1.82, 2.24) is 15.0 Å². The Morgan fingerprint density at radius 3 is 0.885 bits per heavy atom. The van der Waals surface area contributed by atoms with Gasteiger partial charge < -0.3 is 36.3 Å². The molecule has 0 saturated carbocycles. The number of hydrogen-bond donors (Lipinski definition) is 0. The van der Waals surface area contributed by atoms with Crippen LogP contribution in [0.25, 0.3) is 0 Å². The van der Waals surface area contributed by atoms with Gasteiger partial charge in [0.1, 0.15) is 17.5 Å². The van der Waals surface area contributed by atoms with Gasteiger partial charge in [-0.1, -0.05) is 210 Å². The van der Waals surface area contributed by atoms with E-state index in [0.717, 1.165) is 172 Å². The maximum atomic E-state index is 5.42. The number of aromatic nitrogens is 3. The topological polar surface area (TPSA) is 113 Å². The van der Waals surface area contributed by atoms with E-state index in [2.05, 4.69) is 269 Å². The van der Waals surface area contributed by atoms with E-state index < -0.39 is 0 Å². The number of aliphatic imine (C=N–C) groups is 3. The van der Waals surface area contributed by atoms with Gasteiger partial charge in [-0.05, 0) is 110 Å². The molecular formula is C78H111BrClN9O3P2PdZn. The Morgan fingerprint density at radius 1 is 0.385 bits per heavy atom. The molecule has 0 radical (unpaired) electrons. The summed E-state index contributed by atoms with van der Waals surface area (Å²) in [6.07, 6.45) is 5.64. The number of anilines is 3. The molecule has 6 aliphatic rings. The van der Waals surface area contributed by atoms with Gasteiger partial charge in [-0.15, -0.1) is 0 Å². The minimum atomic E-state index is 0. The second-order valence-corrected chi connectivity index (χ2v) is 41.1. The number of nitrogens with zero attached hydrogens (tertiary/aromatic N) is 9. The van der Waals surface area contributed by atoms with Crippen molar-refractivity contribution in [2.45, 2.75) is 189 Å². The molecule has 9 heterocycles. The van der Waals surface area contributed by atoms with Crippen molar-refractivity contribution in [2.24, 2.45) is 15.0 Å². The first-order chi connectivity index (χ1) is 44.2. The van der Waals surface area contributed by atoms with Crippen molar-refractivity contribution in [1.29, 1.82) is 0 Å². The van der Waals surface area contributed by atoms with Crippen LogP contribution in [0.4, 0.5) is 17.5 Å². The van der Waals surface area contributed by atoms with Crippen LogP contribution in [0.5, 0.6) is 0 Å². The molecule has 3 aromatic carbocycles. The minimum Gasteiger partial charge on any atom is 0 e. The van der Waals surface area contributed by atoms with E-state index in [0.29, 0.717) is 30.9 Å². The van der Waals surface area contributed by atoms with Crippen molar-refractivity contribution in [3.8, 4) is 0 Å². The zero-order valence-electron chi connectivity index (χ0n) is 61.9. The van der Waals surface area contributed by atoms with Gasteiger partial charge in [0.25, 0.3) is 0 Å². The van der Waals surface area contributed by atoms with Crippen LogP contribution in [0.15, 0.2) is 129 Å². The summed E-state index contributed by atoms with van der Waals surface area (Å²) in [5, 5.41) is 2.70. The van der Waals surface area contributed by atoms with Crippen LogP contribution in [-0.4, -0.2) is 142 Å². The van der Waals surface area contributed by atoms with E-state index in [1.54, 1.807) is 0 Å². The van der Waals surface area contributed by atoms with Gasteiger partial charge in [0.15, 0.2) is 0 Å². The van der Waals surface area contributed by atoms with Gasteiger partial charge in [-0.2, -0.15) is 0 Å². The molecular weight excluding hydrogens is 1460 g/mol. The second-order valence-electron chi connectivity index (χ2n) is 30.8. The van der Waals surface area contributed by atoms with Gasteiger partial charge >= 0.3 is 27.0 Å². The molecule has 0 atom stereocenters. The van der Waals surface area contributed by atoms with Crippen molar-refractivity contribution in [3.63, 3.8) is 0 Å². The molecule has 3 aromatic heterocycles. The number of hydrogen-bond acceptors (Lipinski definition) is 12. The summed E-state index contributed by atoms with van der Waals surface area (Å²) >= 11 is 4.37. The van der Waals surface area contributed by atoms with Gasteiger partial charge in [-0.25, -0.2) is 15.0 Å². The Labute approximate surface area is 618 Å².